The maximum Gasteiger partial charge on any atom is 0.229 e. The van der Waals surface area contributed by atoms with E-state index in [1.165, 1.54) is 11.1 Å². The van der Waals surface area contributed by atoms with Crippen LogP contribution in [-0.4, -0.2) is 60.2 Å². The number of ether oxygens (including phenoxy) is 1. The van der Waals surface area contributed by atoms with Gasteiger partial charge in [0.25, 0.3) is 0 Å². The van der Waals surface area contributed by atoms with E-state index >= 15 is 0 Å². The van der Waals surface area contributed by atoms with Gasteiger partial charge in [0.2, 0.25) is 11.9 Å². The topological polar surface area (TPSA) is 105 Å². The predicted molar refractivity (Wildman–Crippen MR) is 133 cm³/mol. The summed E-state index contributed by atoms with van der Waals surface area (Å²) in [7, 11) is 1.75. The molecular weight excluding hydrogens is 452 g/mol. The molecule has 0 spiro atoms. The number of nitrogens with one attached hydrogen (secondary N) is 2. The van der Waals surface area contributed by atoms with E-state index in [9.17, 15) is 4.79 Å². The highest BCUT2D eigenvalue weighted by Gasteiger charge is 2.50. The Bertz CT molecular complexity index is 1050. The van der Waals surface area contributed by atoms with Gasteiger partial charge in [0.1, 0.15) is 5.02 Å². The molecule has 0 saturated heterocycles. The molecular formula is C25H33ClN6O2. The minimum absolute atomic E-state index is 0.0231. The molecule has 4 atom stereocenters. The van der Waals surface area contributed by atoms with Gasteiger partial charge in [-0.25, -0.2) is 4.98 Å². The third-order valence-corrected chi connectivity index (χ3v) is 8.04. The first kappa shape index (κ1) is 23.3. The number of aromatic nitrogens is 2. The first-order valence-electron chi connectivity index (χ1n) is 12.2. The minimum Gasteiger partial charge on any atom is -0.383 e. The van der Waals surface area contributed by atoms with E-state index in [1.807, 2.05) is 0 Å². The summed E-state index contributed by atoms with van der Waals surface area (Å²) in [6.45, 7) is 3.79. The van der Waals surface area contributed by atoms with Gasteiger partial charge in [0.15, 0.2) is 5.82 Å². The van der Waals surface area contributed by atoms with Crippen LogP contribution in [0.2, 0.25) is 5.02 Å². The molecule has 2 heterocycles. The fourth-order valence-corrected chi connectivity index (χ4v) is 6.16. The van der Waals surface area contributed by atoms with Crippen molar-refractivity contribution in [2.45, 2.75) is 38.1 Å². The second-order valence-corrected chi connectivity index (χ2v) is 10.2. The molecule has 8 nitrogen and oxygen atoms in total. The minimum atomic E-state index is -0.237. The van der Waals surface area contributed by atoms with Crippen LogP contribution >= 0.6 is 11.6 Å². The molecule has 0 radical (unpaired) electrons. The number of rotatable bonds is 8. The number of anilines is 3. The second kappa shape index (κ2) is 10.1. The zero-order valence-corrected chi connectivity index (χ0v) is 20.4. The van der Waals surface area contributed by atoms with Crippen molar-refractivity contribution in [3.8, 4) is 0 Å². The average Bonchev–Trinajstić information content (AvgIpc) is 3.37. The summed E-state index contributed by atoms with van der Waals surface area (Å²) in [6, 6.07) is 6.44. The fourth-order valence-electron chi connectivity index (χ4n) is 6.02. The summed E-state index contributed by atoms with van der Waals surface area (Å²) in [4.78, 5) is 23.6. The number of nitrogens with zero attached hydrogens (tertiary/aromatic N) is 3. The van der Waals surface area contributed by atoms with Crippen LogP contribution in [0.3, 0.4) is 0 Å². The number of carbonyl (C=O) groups excluding carboxylic acids is 1. The molecule has 2 aliphatic carbocycles. The smallest absolute Gasteiger partial charge is 0.229 e. The van der Waals surface area contributed by atoms with Crippen LogP contribution in [-0.2, 0) is 22.4 Å². The van der Waals surface area contributed by atoms with Gasteiger partial charge in [0, 0.05) is 38.5 Å². The Morgan fingerprint density at radius 3 is 2.82 bits per heavy atom. The molecule has 2 bridgehead atoms. The van der Waals surface area contributed by atoms with Crippen LogP contribution in [0.4, 0.5) is 17.5 Å². The van der Waals surface area contributed by atoms with Crippen molar-refractivity contribution >= 4 is 35.0 Å². The number of methoxy groups -OCH3 is 1. The first-order valence-corrected chi connectivity index (χ1v) is 12.6. The Morgan fingerprint density at radius 1 is 1.24 bits per heavy atom. The monoisotopic (exact) mass is 484 g/mol. The Labute approximate surface area is 205 Å². The maximum atomic E-state index is 12.1. The largest absolute Gasteiger partial charge is 0.383 e. The zero-order chi connectivity index (χ0) is 23.7. The molecule has 3 aliphatic rings. The Morgan fingerprint density at radius 2 is 2.03 bits per heavy atom. The number of hydrogen-bond acceptors (Lipinski definition) is 7. The van der Waals surface area contributed by atoms with E-state index in [1.54, 1.807) is 13.3 Å². The van der Waals surface area contributed by atoms with Gasteiger partial charge in [0.05, 0.1) is 18.7 Å². The number of fused-ring (bicyclic) bond motifs is 3. The number of halogens is 1. The summed E-state index contributed by atoms with van der Waals surface area (Å²) in [5.74, 6) is 1.40. The molecule has 5 rings (SSSR count). The maximum absolute atomic E-state index is 12.1. The van der Waals surface area contributed by atoms with E-state index in [0.29, 0.717) is 28.6 Å². The molecule has 2 fully saturated rings. The van der Waals surface area contributed by atoms with E-state index in [0.717, 1.165) is 64.0 Å². The van der Waals surface area contributed by atoms with E-state index in [-0.39, 0.29) is 17.9 Å². The molecule has 9 heteroatoms. The van der Waals surface area contributed by atoms with E-state index < -0.39 is 0 Å². The average molecular weight is 485 g/mol. The Kier molecular flexibility index (Phi) is 6.90. The summed E-state index contributed by atoms with van der Waals surface area (Å²) < 4.78 is 5.24. The molecule has 1 amide bonds. The van der Waals surface area contributed by atoms with Crippen LogP contribution in [0.15, 0.2) is 24.4 Å². The number of nitrogens with two attached hydrogens (primary N) is 1. The lowest BCUT2D eigenvalue weighted by Gasteiger charge is -2.30. The quantitative estimate of drug-likeness (QED) is 0.528. The number of carbonyl (C=O) groups is 1. The normalized spacial score (nSPS) is 26.2. The third-order valence-electron chi connectivity index (χ3n) is 7.76. The lowest BCUT2D eigenvalue weighted by molar-refractivity contribution is -0.123. The lowest BCUT2D eigenvalue weighted by Crippen LogP contribution is -2.42. The van der Waals surface area contributed by atoms with Crippen molar-refractivity contribution in [2.24, 2.45) is 23.5 Å². The lowest BCUT2D eigenvalue weighted by atomic mass is 9.84. The summed E-state index contributed by atoms with van der Waals surface area (Å²) in [6.07, 6.45) is 6.86. The molecule has 1 aromatic carbocycles. The summed E-state index contributed by atoms with van der Waals surface area (Å²) in [5, 5.41) is 7.21. The van der Waals surface area contributed by atoms with Gasteiger partial charge < -0.3 is 26.0 Å². The highest BCUT2D eigenvalue weighted by molar-refractivity contribution is 6.32. The van der Waals surface area contributed by atoms with Crippen molar-refractivity contribution in [3.63, 3.8) is 0 Å². The summed E-state index contributed by atoms with van der Waals surface area (Å²) >= 11 is 6.42. The number of hydrogen-bond donors (Lipinski definition) is 3. The first-order chi connectivity index (χ1) is 16.5. The van der Waals surface area contributed by atoms with Crippen molar-refractivity contribution in [2.75, 3.05) is 44.0 Å². The van der Waals surface area contributed by atoms with Crippen molar-refractivity contribution in [3.05, 3.63) is 40.5 Å². The van der Waals surface area contributed by atoms with Gasteiger partial charge in [-0.3, -0.25) is 4.79 Å². The molecule has 2 aromatic rings. The Hall–Kier alpha value is -2.42. The molecule has 4 unspecified atom stereocenters. The van der Waals surface area contributed by atoms with Crippen molar-refractivity contribution < 1.29 is 9.53 Å². The molecule has 1 aromatic heterocycles. The van der Waals surface area contributed by atoms with Crippen LogP contribution in [0.5, 0.6) is 0 Å². The van der Waals surface area contributed by atoms with Crippen LogP contribution < -0.4 is 16.4 Å². The molecule has 2 saturated carbocycles. The number of amides is 1. The SMILES string of the molecule is COCCN1CCc2ccc(Nc3ncc(Cl)c(NC4C5CCC(C5)C4C(N)=O)n3)cc2CC1. The van der Waals surface area contributed by atoms with E-state index in [4.69, 9.17) is 22.1 Å². The van der Waals surface area contributed by atoms with Crippen LogP contribution in [0.1, 0.15) is 30.4 Å². The fraction of sp³-hybridized carbons (Fsp3) is 0.560. The third kappa shape index (κ3) is 4.85. The van der Waals surface area contributed by atoms with Crippen molar-refractivity contribution in [1.82, 2.24) is 14.9 Å². The predicted octanol–water partition coefficient (Wildman–Crippen LogP) is 3.23. The van der Waals surface area contributed by atoms with Gasteiger partial charge in [-0.2, -0.15) is 4.98 Å². The molecule has 182 valence electrons. The number of benzene rings is 1. The standard InChI is InChI=1S/C25H33ClN6O2/c1-34-11-10-32-8-6-15-4-5-19(13-16(15)7-9-32)29-25-28-14-20(26)24(31-25)30-22-18-3-2-17(12-18)21(22)23(27)33/h4-5,13-14,17-18,21-22H,2-3,6-12H2,1H3,(H2,27,33)(H2,28,29,30,31). The number of primary amides is 1. The summed E-state index contributed by atoms with van der Waals surface area (Å²) in [5.41, 5.74) is 9.42. The molecule has 34 heavy (non-hydrogen) atoms. The van der Waals surface area contributed by atoms with Gasteiger partial charge in [-0.1, -0.05) is 17.7 Å². The molecule has 4 N–H and O–H groups in total. The van der Waals surface area contributed by atoms with Crippen LogP contribution in [0, 0.1) is 17.8 Å². The molecule has 1 aliphatic heterocycles. The van der Waals surface area contributed by atoms with E-state index in [2.05, 4.69) is 43.7 Å². The Balaban J connectivity index is 1.29. The van der Waals surface area contributed by atoms with Gasteiger partial charge >= 0.3 is 0 Å². The zero-order valence-electron chi connectivity index (χ0n) is 19.6. The highest BCUT2D eigenvalue weighted by atomic mass is 35.5. The van der Waals surface area contributed by atoms with Gasteiger partial charge in [-0.05, 0) is 67.2 Å². The van der Waals surface area contributed by atoms with Crippen LogP contribution in [0.25, 0.3) is 0 Å². The van der Waals surface area contributed by atoms with Gasteiger partial charge in [-0.15, -0.1) is 0 Å². The van der Waals surface area contributed by atoms with Crippen molar-refractivity contribution in [1.29, 1.82) is 0 Å². The second-order valence-electron chi connectivity index (χ2n) is 9.76. The highest BCUT2D eigenvalue weighted by Crippen LogP contribution is 2.49.